The van der Waals surface area contributed by atoms with Crippen LogP contribution in [0.2, 0.25) is 0 Å². The van der Waals surface area contributed by atoms with Gasteiger partial charge in [-0.05, 0) is 222 Å². The van der Waals surface area contributed by atoms with E-state index in [1.165, 1.54) is 102 Å². The molecular formula is C105H139F4N13O20. The Morgan fingerprint density at radius 2 is 0.669 bits per heavy atom. The molecular weight excluding hydrogens is 1840 g/mol. The highest BCUT2D eigenvalue weighted by Gasteiger charge is 2.48. The number of rotatable bonds is 36. The number of benzene rings is 4. The smallest absolute Gasteiger partial charge is 0.410 e. The predicted molar refractivity (Wildman–Crippen MR) is 525 cm³/mol. The summed E-state index contributed by atoms with van der Waals surface area (Å²) in [6.45, 7) is 31.4. The SMILES string of the molecule is CC[C@H](CC(=O)[C@H](C)N(C)C(=O)OC(C)(C)C)C(=O)N1C[C@@H](OC(C)=O)C[C@H]1Cc1c(-c2[nH]c3cc(F)ccc3c2C[C@@H]2C[C@H](OC(C)=O)CN2C(=O)[C@H](CC)NC(=O)[C@H](C)N(C)C(=O)OC(C)(C)C)[nH]c2cc(F)ccc12.CC[C@H](CC(=O)[C@H](C)NC)C(=O)N1C[C@@H](OC(C)=O)C[C@H]1Cc1c(-c2[nH]c3cc(F)ccc3c2C[C@@H]2C[C@H](OC(C)=O)CN2C(=O)[C@H](CC)NC(=O)[C@H](C)CC)[nH]c2cc(F)ccc12. The molecule has 4 aliphatic rings. The maximum absolute atomic E-state index is 15.2. The molecule has 0 unspecified atom stereocenters. The van der Waals surface area contributed by atoms with E-state index in [2.05, 4.69) is 35.9 Å². The van der Waals surface area contributed by atoms with Crippen LogP contribution in [-0.2, 0) is 112 Å². The van der Waals surface area contributed by atoms with Crippen LogP contribution in [0.5, 0.6) is 0 Å². The predicted octanol–water partition coefficient (Wildman–Crippen LogP) is 14.4. The highest BCUT2D eigenvalue weighted by Crippen LogP contribution is 2.45. The zero-order valence-corrected chi connectivity index (χ0v) is 85.5. The molecule has 0 bridgehead atoms. The van der Waals surface area contributed by atoms with E-state index in [1.807, 2.05) is 20.8 Å². The number of fused-ring (bicyclic) bond motifs is 4. The number of carbonyl (C=O) groups excluding carboxylic acids is 14. The molecule has 4 fully saturated rings. The van der Waals surface area contributed by atoms with E-state index in [1.54, 1.807) is 127 Å². The average molecular weight is 1980 g/mol. The van der Waals surface area contributed by atoms with Gasteiger partial charge in [0, 0.05) is 166 Å². The first kappa shape index (κ1) is 110. The van der Waals surface area contributed by atoms with Crippen LogP contribution < -0.4 is 16.0 Å². The van der Waals surface area contributed by atoms with Crippen LogP contribution in [0, 0.1) is 41.0 Å². The van der Waals surface area contributed by atoms with Gasteiger partial charge in [0.15, 0.2) is 5.78 Å². The third-order valence-electron chi connectivity index (χ3n) is 27.7. The van der Waals surface area contributed by atoms with Crippen LogP contribution in [0.15, 0.2) is 72.8 Å². The number of ether oxygens (including phenoxy) is 6. The summed E-state index contributed by atoms with van der Waals surface area (Å²) in [6, 6.07) is 10.8. The van der Waals surface area contributed by atoms with Crippen LogP contribution >= 0.6 is 0 Å². The zero-order chi connectivity index (χ0) is 104. The molecule has 772 valence electrons. The lowest BCUT2D eigenvalue weighted by molar-refractivity contribution is -0.147. The van der Waals surface area contributed by atoms with E-state index in [0.29, 0.717) is 115 Å². The molecule has 0 aliphatic carbocycles. The molecule has 0 saturated carbocycles. The molecule has 16 atom stereocenters. The second kappa shape index (κ2) is 46.6. The number of nitrogens with one attached hydrogen (secondary N) is 7. The van der Waals surface area contributed by atoms with Crippen molar-refractivity contribution in [3.8, 4) is 22.8 Å². The van der Waals surface area contributed by atoms with E-state index in [-0.39, 0.29) is 132 Å². The van der Waals surface area contributed by atoms with Gasteiger partial charge in [-0.2, -0.15) is 0 Å². The Morgan fingerprint density at radius 3 is 0.930 bits per heavy atom. The first-order valence-electron chi connectivity index (χ1n) is 49.2. The monoisotopic (exact) mass is 1980 g/mol. The van der Waals surface area contributed by atoms with Crippen molar-refractivity contribution in [3.05, 3.63) is 118 Å². The lowest BCUT2D eigenvalue weighted by Gasteiger charge is -2.31. The highest BCUT2D eigenvalue weighted by atomic mass is 19.1. The minimum Gasteiger partial charge on any atom is -0.461 e. The summed E-state index contributed by atoms with van der Waals surface area (Å²) in [6.07, 6.45) is -0.707. The fourth-order valence-corrected chi connectivity index (χ4v) is 19.7. The summed E-state index contributed by atoms with van der Waals surface area (Å²) in [5.74, 6) is -8.47. The number of H-pyrrole nitrogens is 4. The number of Topliss-reactive ketones (excluding diaryl/α,β-unsaturated/α-hetero) is 2. The molecule has 142 heavy (non-hydrogen) atoms. The van der Waals surface area contributed by atoms with Gasteiger partial charge in [-0.25, -0.2) is 27.2 Å². The molecule has 12 rings (SSSR count). The number of carbonyl (C=O) groups is 14. The molecule has 0 radical (unpaired) electrons. The number of likely N-dealkylation sites (N-methyl/N-ethyl adjacent to an activating group) is 3. The van der Waals surface area contributed by atoms with Crippen molar-refractivity contribution in [2.24, 2.45) is 17.8 Å². The van der Waals surface area contributed by atoms with Crippen molar-refractivity contribution in [3.63, 3.8) is 0 Å². The minimum atomic E-state index is -1.06. The zero-order valence-electron chi connectivity index (χ0n) is 85.5. The van der Waals surface area contributed by atoms with E-state index in [4.69, 9.17) is 28.4 Å². The fraction of sp³-hybridized carbons (Fsp3) is 0.562. The minimum absolute atomic E-state index is 0.00913. The number of amides is 8. The third-order valence-corrected chi connectivity index (χ3v) is 27.7. The van der Waals surface area contributed by atoms with Gasteiger partial charge >= 0.3 is 36.1 Å². The molecule has 0 spiro atoms. The van der Waals surface area contributed by atoms with E-state index in [0.717, 1.165) is 10.5 Å². The van der Waals surface area contributed by atoms with Crippen LogP contribution in [0.25, 0.3) is 66.4 Å². The summed E-state index contributed by atoms with van der Waals surface area (Å²) < 4.78 is 94.1. The maximum atomic E-state index is 15.2. The van der Waals surface area contributed by atoms with Crippen molar-refractivity contribution in [1.29, 1.82) is 0 Å². The number of aromatic nitrogens is 4. The molecule has 4 aliphatic heterocycles. The molecule has 4 saturated heterocycles. The lowest BCUT2D eigenvalue weighted by Crippen LogP contribution is -2.55. The van der Waals surface area contributed by atoms with Gasteiger partial charge in [-0.15, -0.1) is 0 Å². The van der Waals surface area contributed by atoms with E-state index < -0.39 is 173 Å². The Bertz CT molecular complexity index is 5670. The Balaban J connectivity index is 0.000000276. The third kappa shape index (κ3) is 26.4. The van der Waals surface area contributed by atoms with Crippen molar-refractivity contribution >= 4 is 127 Å². The standard InChI is InChI=1S/C57H77F2N7O12.C48H62F2N6O8/c1-15-34(21-48(69)30(3)63(13)54(73)77-56(7,8)9)52(71)65-28-39(75-32(5)67)24-37(65)26-43-41-19-17-35(58)22-46(41)60-49(43)50-44(42-20-18-36(59)23-47(42)61-50)27-38-25-40(76-33(6)68)29-66(38)53(72)45(16-2)62-51(70)31(4)64(14)55(74)78-57(10,11)12;1-9-25(4)46(60)54-40(11-3)48(62)56-24-35(64-28(7)58)20-33(56)22-39-37-15-13-31(50)18-42(37)53-45(39)44-38(36-14-12-30(49)17-41(36)52-44)21-32-19-34(63-27(6)57)23-55(32)47(61)29(10-2)16-43(59)26(5)51-8/h17-20,22-23,30-31,34,37-40,45,60-61H,15-16,21,24-29H2,1-14H3,(H,62,70);12-15,17-18,25-26,29,32-35,40,51-53H,9-11,16,19-24H2,1-8H3,(H,54,60)/t30-,31-,34+,37-,38-,39-,40-,45-;25-,26+,29-,32+,33+,34+,35+,40+/m01/s1. The second-order valence-electron chi connectivity index (χ2n) is 40.3. The number of halogens is 4. The number of aromatic amines is 4. The summed E-state index contributed by atoms with van der Waals surface area (Å²) in [5, 5.41) is 11.2. The summed E-state index contributed by atoms with van der Waals surface area (Å²) in [4.78, 5) is 210. The fourth-order valence-electron chi connectivity index (χ4n) is 19.7. The Kier molecular flexibility index (Phi) is 36.0. The number of ketones is 2. The van der Waals surface area contributed by atoms with Crippen molar-refractivity contribution in [1.82, 2.24) is 65.3 Å². The van der Waals surface area contributed by atoms with Crippen LogP contribution in [0.4, 0.5) is 27.2 Å². The first-order chi connectivity index (χ1) is 66.8. The summed E-state index contributed by atoms with van der Waals surface area (Å²) >= 11 is 0. The van der Waals surface area contributed by atoms with Crippen molar-refractivity contribution in [2.75, 3.05) is 47.3 Å². The van der Waals surface area contributed by atoms with Crippen molar-refractivity contribution < 1.29 is 113 Å². The number of nitrogens with zero attached hydrogens (tertiary/aromatic N) is 6. The largest absolute Gasteiger partial charge is 0.461 e. The first-order valence-corrected chi connectivity index (χ1v) is 49.2. The van der Waals surface area contributed by atoms with E-state index >= 15 is 8.78 Å². The van der Waals surface area contributed by atoms with Crippen LogP contribution in [-0.4, -0.2) is 270 Å². The number of hydrogen-bond donors (Lipinski definition) is 7. The molecule has 8 aromatic rings. The van der Waals surface area contributed by atoms with Gasteiger partial charge < -0.3 is 88.8 Å². The van der Waals surface area contributed by atoms with Gasteiger partial charge in [-0.1, -0.05) is 41.5 Å². The van der Waals surface area contributed by atoms with Gasteiger partial charge in [0.25, 0.3) is 0 Å². The van der Waals surface area contributed by atoms with E-state index in [9.17, 15) is 75.9 Å². The Morgan fingerprint density at radius 1 is 0.394 bits per heavy atom. The molecule has 8 heterocycles. The maximum Gasteiger partial charge on any atom is 0.410 e. The quantitative estimate of drug-likeness (QED) is 0.0109. The topological polar surface area (TPSA) is 413 Å². The second-order valence-corrected chi connectivity index (χ2v) is 40.3. The van der Waals surface area contributed by atoms with Crippen molar-refractivity contribution in [2.45, 2.75) is 318 Å². The Hall–Kier alpha value is -12.7. The number of hydrogen-bond acceptors (Lipinski definition) is 21. The average Bonchev–Trinajstić information content (AvgIpc) is 1.59. The molecule has 4 aromatic carbocycles. The Labute approximate surface area is 825 Å². The molecule has 7 N–H and O–H groups in total. The van der Waals surface area contributed by atoms with Gasteiger partial charge in [-0.3, -0.25) is 62.4 Å². The van der Waals surface area contributed by atoms with Crippen LogP contribution in [0.3, 0.4) is 0 Å². The molecule has 4 aromatic heterocycles. The molecule has 8 amide bonds. The highest BCUT2D eigenvalue weighted by molar-refractivity contribution is 6.00. The molecule has 33 nitrogen and oxygen atoms in total. The van der Waals surface area contributed by atoms with Gasteiger partial charge in [0.1, 0.15) is 82.8 Å². The number of likely N-dealkylation sites (tertiary alicyclic amines) is 4. The normalized spacial score (nSPS) is 19.8. The number of esters is 4. The van der Waals surface area contributed by atoms with Gasteiger partial charge in [0.2, 0.25) is 35.4 Å². The lowest BCUT2D eigenvalue weighted by atomic mass is 9.93. The molecule has 37 heteroatoms. The summed E-state index contributed by atoms with van der Waals surface area (Å²) in [5.41, 5.74) is 4.88. The summed E-state index contributed by atoms with van der Waals surface area (Å²) in [7, 11) is 4.58. The van der Waals surface area contributed by atoms with Gasteiger partial charge in [0.05, 0.1) is 61.0 Å². The van der Waals surface area contributed by atoms with Crippen LogP contribution in [0.1, 0.15) is 224 Å².